The molecule has 3 N–H and O–H groups in total. The van der Waals surface area contributed by atoms with Crippen molar-refractivity contribution < 1.29 is 4.57 Å². The van der Waals surface area contributed by atoms with Gasteiger partial charge in [-0.2, -0.15) is 0 Å². The number of hydrogen-bond donors (Lipinski definition) is 2. The Morgan fingerprint density at radius 2 is 2.10 bits per heavy atom. The first-order valence-electron chi connectivity index (χ1n) is 3.80. The van der Waals surface area contributed by atoms with E-state index in [4.69, 9.17) is 5.84 Å². The van der Waals surface area contributed by atoms with Crippen LogP contribution in [0, 0.1) is 0 Å². The molecule has 0 aliphatic carbocycles. The van der Waals surface area contributed by atoms with Crippen LogP contribution in [-0.2, 0) is 4.57 Å². The third-order valence-corrected chi connectivity index (χ3v) is 2.55. The average Bonchev–Trinajstić information content (AvgIpc) is 1.98. The van der Waals surface area contributed by atoms with Gasteiger partial charge in [0.1, 0.15) is 7.95 Å². The Morgan fingerprint density at radius 1 is 1.40 bits per heavy atom. The Labute approximate surface area is 63.2 Å². The highest BCUT2D eigenvalue weighted by Crippen LogP contribution is 2.15. The Hall–Kier alpha value is 0.150. The van der Waals surface area contributed by atoms with Gasteiger partial charge >= 0.3 is 0 Å². The highest BCUT2D eigenvalue weighted by Gasteiger charge is 1.93. The summed E-state index contributed by atoms with van der Waals surface area (Å²) in [6, 6.07) is 0. The molecule has 0 aromatic rings. The van der Waals surface area contributed by atoms with Gasteiger partial charge in [-0.15, -0.1) is 0 Å². The van der Waals surface area contributed by atoms with E-state index >= 15 is 0 Å². The summed E-state index contributed by atoms with van der Waals surface area (Å²) < 4.78 is 10.7. The van der Waals surface area contributed by atoms with Crippen molar-refractivity contribution in [3.63, 3.8) is 0 Å². The lowest BCUT2D eigenvalue weighted by molar-refractivity contribution is 0.576. The van der Waals surface area contributed by atoms with Gasteiger partial charge < -0.3 is 4.57 Å². The van der Waals surface area contributed by atoms with E-state index in [1.165, 1.54) is 19.3 Å². The molecule has 0 aromatic heterocycles. The van der Waals surface area contributed by atoms with Gasteiger partial charge in [-0.3, -0.25) is 5.84 Å². The minimum absolute atomic E-state index is 0.751. The van der Waals surface area contributed by atoms with Crippen LogP contribution in [0.5, 0.6) is 0 Å². The monoisotopic (exact) mass is 164 g/mol. The highest BCUT2D eigenvalue weighted by molar-refractivity contribution is 7.42. The molecule has 0 fully saturated rings. The van der Waals surface area contributed by atoms with Crippen molar-refractivity contribution in [1.29, 1.82) is 0 Å². The lowest BCUT2D eigenvalue weighted by atomic mass is 10.2. The second-order valence-corrected chi connectivity index (χ2v) is 4.01. The van der Waals surface area contributed by atoms with Crippen LogP contribution in [-0.4, -0.2) is 6.16 Å². The molecule has 0 saturated carbocycles. The number of hydrogen-bond acceptors (Lipinski definition) is 2. The largest absolute Gasteiger partial charge is 0.309 e. The molecule has 0 amide bonds. The fourth-order valence-corrected chi connectivity index (χ4v) is 1.50. The van der Waals surface area contributed by atoms with E-state index < -0.39 is 7.95 Å². The van der Waals surface area contributed by atoms with Gasteiger partial charge in [-0.05, 0) is 6.42 Å². The fourth-order valence-electron chi connectivity index (χ4n) is 0.785. The quantitative estimate of drug-likeness (QED) is 0.271. The van der Waals surface area contributed by atoms with E-state index in [0.29, 0.717) is 0 Å². The second kappa shape index (κ2) is 7.26. The summed E-state index contributed by atoms with van der Waals surface area (Å²) in [5.41, 5.74) is 0. The molecular weight excluding hydrogens is 147 g/mol. The first kappa shape index (κ1) is 10.2. The summed E-state index contributed by atoms with van der Waals surface area (Å²) in [5.74, 6) is 4.97. The molecule has 0 spiro atoms. The number of rotatable bonds is 6. The lowest BCUT2D eigenvalue weighted by Gasteiger charge is -1.98. The molecule has 4 heteroatoms. The summed E-state index contributed by atoms with van der Waals surface area (Å²) >= 11 is 0. The summed E-state index contributed by atoms with van der Waals surface area (Å²) in [4.78, 5) is 0. The minimum atomic E-state index is -1.63. The Morgan fingerprint density at radius 3 is 2.60 bits per heavy atom. The molecule has 62 valence electrons. The van der Waals surface area contributed by atoms with E-state index in [1.54, 1.807) is 0 Å². The van der Waals surface area contributed by atoms with Gasteiger partial charge in [0.25, 0.3) is 0 Å². The number of unbranched alkanes of at least 4 members (excludes halogenated alkanes) is 3. The predicted octanol–water partition coefficient (Wildman–Crippen LogP) is 1.50. The molecule has 0 saturated heterocycles. The topological polar surface area (TPSA) is 55.1 Å². The average molecular weight is 164 g/mol. The maximum atomic E-state index is 10.7. The van der Waals surface area contributed by atoms with E-state index in [9.17, 15) is 4.57 Å². The zero-order valence-corrected chi connectivity index (χ0v) is 7.52. The second-order valence-electron chi connectivity index (χ2n) is 2.38. The number of nitrogens with two attached hydrogens (primary N) is 1. The van der Waals surface area contributed by atoms with Gasteiger partial charge in [0, 0.05) is 6.16 Å². The molecule has 0 radical (unpaired) electrons. The van der Waals surface area contributed by atoms with Gasteiger partial charge in [-0.1, -0.05) is 26.2 Å². The van der Waals surface area contributed by atoms with Gasteiger partial charge in [0.05, 0.1) is 0 Å². The van der Waals surface area contributed by atoms with Crippen molar-refractivity contribution in [1.82, 2.24) is 5.20 Å². The van der Waals surface area contributed by atoms with Crippen LogP contribution < -0.4 is 11.0 Å². The van der Waals surface area contributed by atoms with E-state index in [2.05, 4.69) is 12.1 Å². The molecule has 1 unspecified atom stereocenters. The van der Waals surface area contributed by atoms with Crippen LogP contribution in [0.4, 0.5) is 0 Å². The molecular formula is C6H17N2OP. The normalized spacial score (nSPS) is 13.4. The standard InChI is InChI=1S/C6H17N2OP/c1-2-3-4-5-6-10(9)8-7/h10H,2-7H2,1H3,(H,8,9). The van der Waals surface area contributed by atoms with Crippen LogP contribution >= 0.6 is 7.95 Å². The van der Waals surface area contributed by atoms with Crippen molar-refractivity contribution in [3.8, 4) is 0 Å². The maximum Gasteiger partial charge on any atom is 0.148 e. The van der Waals surface area contributed by atoms with Gasteiger partial charge in [0.2, 0.25) is 0 Å². The maximum absolute atomic E-state index is 10.7. The summed E-state index contributed by atoms with van der Waals surface area (Å²) in [5, 5.41) is 2.29. The molecule has 1 atom stereocenters. The van der Waals surface area contributed by atoms with Gasteiger partial charge in [-0.25, -0.2) is 5.20 Å². The third-order valence-electron chi connectivity index (χ3n) is 1.42. The van der Waals surface area contributed by atoms with Crippen molar-refractivity contribution in [2.45, 2.75) is 32.6 Å². The first-order valence-corrected chi connectivity index (χ1v) is 5.42. The molecule has 0 aromatic carbocycles. The first-order chi connectivity index (χ1) is 4.81. The number of hydrazine groups is 1. The van der Waals surface area contributed by atoms with Crippen LogP contribution in [0.25, 0.3) is 0 Å². The zero-order valence-electron chi connectivity index (χ0n) is 6.52. The van der Waals surface area contributed by atoms with E-state index in [-0.39, 0.29) is 0 Å². The molecule has 10 heavy (non-hydrogen) atoms. The SMILES string of the molecule is CCCCCC[PH](=O)NN. The Bertz CT molecular complexity index is 97.7. The summed E-state index contributed by atoms with van der Waals surface area (Å²) in [6.45, 7) is 2.16. The highest BCUT2D eigenvalue weighted by atomic mass is 31.1. The molecule has 0 bridgehead atoms. The minimum Gasteiger partial charge on any atom is -0.309 e. The summed E-state index contributed by atoms with van der Waals surface area (Å²) in [7, 11) is -1.63. The van der Waals surface area contributed by atoms with Crippen LogP contribution in [0.1, 0.15) is 32.6 Å². The van der Waals surface area contributed by atoms with Crippen molar-refractivity contribution in [2.75, 3.05) is 6.16 Å². The molecule has 0 aliphatic heterocycles. The molecule has 0 aliphatic rings. The molecule has 0 rings (SSSR count). The fraction of sp³-hybridized carbons (Fsp3) is 1.00. The van der Waals surface area contributed by atoms with E-state index in [1.807, 2.05) is 0 Å². The predicted molar refractivity (Wildman–Crippen MR) is 45.3 cm³/mol. The Kier molecular flexibility index (Phi) is 7.37. The van der Waals surface area contributed by atoms with Crippen LogP contribution in [0.15, 0.2) is 0 Å². The van der Waals surface area contributed by atoms with Crippen molar-refractivity contribution >= 4 is 7.95 Å². The van der Waals surface area contributed by atoms with Crippen LogP contribution in [0.3, 0.4) is 0 Å². The number of nitrogens with one attached hydrogen (secondary N) is 1. The third kappa shape index (κ3) is 6.27. The zero-order chi connectivity index (χ0) is 7.82. The Balaban J connectivity index is 2.96. The van der Waals surface area contributed by atoms with Crippen LogP contribution in [0.2, 0.25) is 0 Å². The van der Waals surface area contributed by atoms with Gasteiger partial charge in [0.15, 0.2) is 0 Å². The smallest absolute Gasteiger partial charge is 0.148 e. The summed E-state index contributed by atoms with van der Waals surface area (Å²) in [6.07, 6.45) is 5.42. The molecule has 0 heterocycles. The van der Waals surface area contributed by atoms with E-state index in [0.717, 1.165) is 12.6 Å². The molecule has 3 nitrogen and oxygen atoms in total. The van der Waals surface area contributed by atoms with Crippen molar-refractivity contribution in [2.24, 2.45) is 5.84 Å². The van der Waals surface area contributed by atoms with Crippen molar-refractivity contribution in [3.05, 3.63) is 0 Å². The lowest BCUT2D eigenvalue weighted by Crippen LogP contribution is -2.12.